The molecule has 0 unspecified atom stereocenters. The molecule has 0 amide bonds. The maximum Gasteiger partial charge on any atom is 0.182 e. The zero-order valence-electron chi connectivity index (χ0n) is 9.61. The van der Waals surface area contributed by atoms with Crippen LogP contribution in [0.5, 0.6) is 0 Å². The SMILES string of the molecule is C=Cc1nc(-c2ccccc2)c2nccnc2n1. The lowest BCUT2D eigenvalue weighted by Crippen LogP contribution is -1.97. The average molecular weight is 234 g/mol. The van der Waals surface area contributed by atoms with Gasteiger partial charge in [0.05, 0.1) is 0 Å². The van der Waals surface area contributed by atoms with E-state index in [1.165, 1.54) is 0 Å². The van der Waals surface area contributed by atoms with Crippen molar-refractivity contribution < 1.29 is 0 Å². The van der Waals surface area contributed by atoms with Gasteiger partial charge in [0.1, 0.15) is 11.2 Å². The average Bonchev–Trinajstić information content (AvgIpc) is 2.47. The molecule has 0 spiro atoms. The molecule has 3 rings (SSSR count). The van der Waals surface area contributed by atoms with Crippen LogP contribution in [-0.4, -0.2) is 19.9 Å². The molecule has 0 fully saturated rings. The summed E-state index contributed by atoms with van der Waals surface area (Å²) >= 11 is 0. The van der Waals surface area contributed by atoms with Crippen molar-refractivity contribution in [1.29, 1.82) is 0 Å². The van der Waals surface area contributed by atoms with Gasteiger partial charge in [-0.25, -0.2) is 19.9 Å². The summed E-state index contributed by atoms with van der Waals surface area (Å²) in [7, 11) is 0. The first kappa shape index (κ1) is 10.5. The van der Waals surface area contributed by atoms with E-state index in [1.807, 2.05) is 30.3 Å². The minimum absolute atomic E-state index is 0.557. The third kappa shape index (κ3) is 1.73. The van der Waals surface area contributed by atoms with Crippen LogP contribution in [0.3, 0.4) is 0 Å². The zero-order valence-corrected chi connectivity index (χ0v) is 9.61. The third-order valence-corrected chi connectivity index (χ3v) is 2.58. The summed E-state index contributed by atoms with van der Waals surface area (Å²) in [6.45, 7) is 3.70. The van der Waals surface area contributed by atoms with Gasteiger partial charge in [0.25, 0.3) is 0 Å². The van der Waals surface area contributed by atoms with E-state index < -0.39 is 0 Å². The second kappa shape index (κ2) is 4.33. The first-order valence-electron chi connectivity index (χ1n) is 5.55. The van der Waals surface area contributed by atoms with E-state index in [0.717, 1.165) is 11.3 Å². The molecule has 4 heteroatoms. The monoisotopic (exact) mass is 234 g/mol. The molecule has 1 aromatic carbocycles. The van der Waals surface area contributed by atoms with Crippen molar-refractivity contribution in [2.45, 2.75) is 0 Å². The van der Waals surface area contributed by atoms with Crippen molar-refractivity contribution in [3.05, 3.63) is 55.1 Å². The lowest BCUT2D eigenvalue weighted by Gasteiger charge is -2.05. The van der Waals surface area contributed by atoms with Crippen LogP contribution in [0, 0.1) is 0 Å². The van der Waals surface area contributed by atoms with Crippen LogP contribution in [0.2, 0.25) is 0 Å². The Labute approximate surface area is 104 Å². The van der Waals surface area contributed by atoms with Crippen LogP contribution < -0.4 is 0 Å². The fourth-order valence-electron chi connectivity index (χ4n) is 1.77. The second-order valence-electron chi connectivity index (χ2n) is 3.73. The Kier molecular flexibility index (Phi) is 2.53. The first-order chi connectivity index (χ1) is 8.88. The number of hydrogen-bond acceptors (Lipinski definition) is 4. The number of rotatable bonds is 2. The van der Waals surface area contributed by atoms with Crippen LogP contribution in [0.1, 0.15) is 5.82 Å². The Bertz CT molecular complexity index is 707. The molecule has 3 aromatic rings. The second-order valence-corrected chi connectivity index (χ2v) is 3.73. The molecule has 0 aliphatic heterocycles. The summed E-state index contributed by atoms with van der Waals surface area (Å²) < 4.78 is 0. The smallest absolute Gasteiger partial charge is 0.182 e. The fraction of sp³-hybridized carbons (Fsp3) is 0. The number of fused-ring (bicyclic) bond motifs is 1. The summed E-state index contributed by atoms with van der Waals surface area (Å²) in [6.07, 6.45) is 4.88. The van der Waals surface area contributed by atoms with Gasteiger partial charge in [0.2, 0.25) is 0 Å². The summed E-state index contributed by atoms with van der Waals surface area (Å²) in [5, 5.41) is 0. The van der Waals surface area contributed by atoms with Crippen molar-refractivity contribution in [1.82, 2.24) is 19.9 Å². The quantitative estimate of drug-likeness (QED) is 0.684. The van der Waals surface area contributed by atoms with Crippen LogP contribution >= 0.6 is 0 Å². The molecule has 0 saturated heterocycles. The highest BCUT2D eigenvalue weighted by molar-refractivity contribution is 5.86. The summed E-state index contributed by atoms with van der Waals surface area (Å²) in [5.41, 5.74) is 3.06. The van der Waals surface area contributed by atoms with Gasteiger partial charge in [-0.1, -0.05) is 36.9 Å². The summed E-state index contributed by atoms with van der Waals surface area (Å²) in [4.78, 5) is 17.3. The Morgan fingerprint density at radius 1 is 0.944 bits per heavy atom. The fourth-order valence-corrected chi connectivity index (χ4v) is 1.77. The minimum atomic E-state index is 0.557. The molecular weight excluding hydrogens is 224 g/mol. The molecule has 0 aliphatic rings. The largest absolute Gasteiger partial charge is 0.249 e. The summed E-state index contributed by atoms with van der Waals surface area (Å²) in [6, 6.07) is 9.88. The van der Waals surface area contributed by atoms with Crippen molar-refractivity contribution in [2.75, 3.05) is 0 Å². The molecule has 2 aromatic heterocycles. The van der Waals surface area contributed by atoms with Crippen LogP contribution in [0.15, 0.2) is 49.3 Å². The van der Waals surface area contributed by atoms with Gasteiger partial charge in [0, 0.05) is 18.0 Å². The molecule has 0 aliphatic carbocycles. The van der Waals surface area contributed by atoms with E-state index in [4.69, 9.17) is 0 Å². The van der Waals surface area contributed by atoms with Crippen LogP contribution in [0.25, 0.3) is 28.5 Å². The van der Waals surface area contributed by atoms with E-state index in [0.29, 0.717) is 17.0 Å². The minimum Gasteiger partial charge on any atom is -0.249 e. The van der Waals surface area contributed by atoms with Crippen LogP contribution in [0.4, 0.5) is 0 Å². The highest BCUT2D eigenvalue weighted by Crippen LogP contribution is 2.23. The van der Waals surface area contributed by atoms with Gasteiger partial charge < -0.3 is 0 Å². The number of hydrogen-bond donors (Lipinski definition) is 0. The normalized spacial score (nSPS) is 10.4. The van der Waals surface area contributed by atoms with E-state index in [9.17, 15) is 0 Å². The molecule has 18 heavy (non-hydrogen) atoms. The highest BCUT2D eigenvalue weighted by Gasteiger charge is 2.09. The van der Waals surface area contributed by atoms with Gasteiger partial charge in [-0.3, -0.25) is 0 Å². The molecule has 4 nitrogen and oxygen atoms in total. The van der Waals surface area contributed by atoms with E-state index in [2.05, 4.69) is 26.5 Å². The maximum atomic E-state index is 4.46. The third-order valence-electron chi connectivity index (χ3n) is 2.58. The van der Waals surface area contributed by atoms with E-state index >= 15 is 0 Å². The van der Waals surface area contributed by atoms with Crippen molar-refractivity contribution in [3.63, 3.8) is 0 Å². The van der Waals surface area contributed by atoms with Gasteiger partial charge in [-0.2, -0.15) is 0 Å². The molecule has 0 N–H and O–H groups in total. The van der Waals surface area contributed by atoms with E-state index in [-0.39, 0.29) is 0 Å². The Morgan fingerprint density at radius 3 is 2.50 bits per heavy atom. The first-order valence-corrected chi connectivity index (χ1v) is 5.55. The van der Waals surface area contributed by atoms with Crippen LogP contribution in [-0.2, 0) is 0 Å². The molecule has 86 valence electrons. The highest BCUT2D eigenvalue weighted by atomic mass is 15.0. The number of nitrogens with zero attached hydrogens (tertiary/aromatic N) is 4. The van der Waals surface area contributed by atoms with Gasteiger partial charge >= 0.3 is 0 Å². The molecule has 0 radical (unpaired) electrons. The lowest BCUT2D eigenvalue weighted by atomic mass is 10.1. The number of aromatic nitrogens is 4. The predicted molar refractivity (Wildman–Crippen MR) is 70.7 cm³/mol. The maximum absolute atomic E-state index is 4.46. The van der Waals surface area contributed by atoms with Gasteiger partial charge in [-0.05, 0) is 6.08 Å². The van der Waals surface area contributed by atoms with Crippen molar-refractivity contribution in [2.24, 2.45) is 0 Å². The zero-order chi connectivity index (χ0) is 12.4. The predicted octanol–water partition coefficient (Wildman–Crippen LogP) is 2.73. The molecule has 0 bridgehead atoms. The van der Waals surface area contributed by atoms with Gasteiger partial charge in [-0.15, -0.1) is 0 Å². The molecular formula is C14H10N4. The molecule has 2 heterocycles. The Morgan fingerprint density at radius 2 is 1.72 bits per heavy atom. The molecule has 0 atom stereocenters. The number of benzene rings is 1. The molecule has 0 saturated carbocycles. The van der Waals surface area contributed by atoms with Gasteiger partial charge in [0.15, 0.2) is 11.5 Å². The lowest BCUT2D eigenvalue weighted by molar-refractivity contribution is 1.13. The van der Waals surface area contributed by atoms with E-state index in [1.54, 1.807) is 18.5 Å². The standard InChI is InChI=1S/C14H10N4/c1-2-11-17-12(10-6-4-3-5-7-10)13-14(18-11)16-9-8-15-13/h2-9H,1H2. The van der Waals surface area contributed by atoms with Crippen molar-refractivity contribution >= 4 is 17.2 Å². The Balaban J connectivity index is 2.36. The Hall–Kier alpha value is -2.62. The topological polar surface area (TPSA) is 51.6 Å². The summed E-state index contributed by atoms with van der Waals surface area (Å²) in [5.74, 6) is 0.557. The van der Waals surface area contributed by atoms with Crippen molar-refractivity contribution in [3.8, 4) is 11.3 Å².